The first-order valence-electron chi connectivity index (χ1n) is 8.08. The third-order valence-electron chi connectivity index (χ3n) is 3.77. The molecule has 2 N–H and O–H groups in total. The summed E-state index contributed by atoms with van der Waals surface area (Å²) in [6.45, 7) is -0.175. The van der Waals surface area contributed by atoms with Gasteiger partial charge in [-0.05, 0) is 23.8 Å². The fourth-order valence-electron chi connectivity index (χ4n) is 2.51. The van der Waals surface area contributed by atoms with Gasteiger partial charge in [-0.3, -0.25) is 9.59 Å². The number of nitrogens with two attached hydrogens (primary N) is 1. The second-order valence-electron chi connectivity index (χ2n) is 5.74. The molecule has 27 heavy (non-hydrogen) atoms. The minimum absolute atomic E-state index is 0.175. The number of carbonyl (C=O) groups is 1. The van der Waals surface area contributed by atoms with Crippen LogP contribution in [0.15, 0.2) is 59.4 Å². The molecule has 0 unspecified atom stereocenters. The largest absolute Gasteiger partial charge is 0.484 e. The summed E-state index contributed by atoms with van der Waals surface area (Å²) in [5.41, 5.74) is 6.53. The standard InChI is InChI=1S/C19H14N4O3S/c20-16(24)11-26-14-8-6-12(7-9-14)10-15-18(25)23-19(27-15)21-17(22-23)13-4-2-1-3-5-13/h1-10H,11H2,(H2,20,24). The molecule has 4 aromatic rings. The molecule has 0 atom stereocenters. The van der Waals surface area contributed by atoms with Crippen molar-refractivity contribution in [1.29, 1.82) is 0 Å². The highest BCUT2D eigenvalue weighted by atomic mass is 32.1. The molecule has 1 amide bonds. The lowest BCUT2D eigenvalue weighted by Gasteiger charge is -2.03. The number of primary amides is 1. The molecule has 2 aromatic heterocycles. The maximum Gasteiger partial charge on any atom is 0.291 e. The van der Waals surface area contributed by atoms with Crippen LogP contribution >= 0.6 is 11.3 Å². The number of fused-ring (bicyclic) bond motifs is 1. The zero-order valence-corrected chi connectivity index (χ0v) is 14.8. The number of ether oxygens (including phenoxy) is 1. The summed E-state index contributed by atoms with van der Waals surface area (Å²) < 4.78 is 7.08. The van der Waals surface area contributed by atoms with E-state index in [1.807, 2.05) is 30.3 Å². The first-order chi connectivity index (χ1) is 13.1. The summed E-state index contributed by atoms with van der Waals surface area (Å²) in [6, 6.07) is 16.5. The molecule has 2 heterocycles. The molecule has 0 saturated carbocycles. The average molecular weight is 378 g/mol. The third-order valence-corrected chi connectivity index (χ3v) is 4.73. The Morgan fingerprint density at radius 1 is 1.15 bits per heavy atom. The van der Waals surface area contributed by atoms with Crippen LogP contribution in [-0.2, 0) is 4.79 Å². The maximum atomic E-state index is 12.6. The number of amides is 1. The molecule has 0 saturated heterocycles. The fourth-order valence-corrected chi connectivity index (χ4v) is 3.42. The summed E-state index contributed by atoms with van der Waals surface area (Å²) in [5, 5.41) is 4.32. The van der Waals surface area contributed by atoms with E-state index >= 15 is 0 Å². The number of benzene rings is 2. The van der Waals surface area contributed by atoms with Crippen LogP contribution in [0.2, 0.25) is 0 Å². The average Bonchev–Trinajstić information content (AvgIpc) is 3.22. The minimum Gasteiger partial charge on any atom is -0.484 e. The Hall–Kier alpha value is -3.52. The van der Waals surface area contributed by atoms with Crippen LogP contribution in [0.4, 0.5) is 0 Å². The number of rotatable bonds is 5. The van der Waals surface area contributed by atoms with E-state index in [9.17, 15) is 9.59 Å². The molecule has 0 radical (unpaired) electrons. The van der Waals surface area contributed by atoms with Crippen LogP contribution in [0.3, 0.4) is 0 Å². The highest BCUT2D eigenvalue weighted by molar-refractivity contribution is 7.15. The van der Waals surface area contributed by atoms with Crippen LogP contribution < -0.4 is 20.6 Å². The van der Waals surface area contributed by atoms with Gasteiger partial charge >= 0.3 is 0 Å². The zero-order valence-electron chi connectivity index (χ0n) is 14.0. The molecule has 0 fully saturated rings. The van der Waals surface area contributed by atoms with Gasteiger partial charge in [0.15, 0.2) is 12.4 Å². The molecule has 0 bridgehead atoms. The van der Waals surface area contributed by atoms with E-state index in [2.05, 4.69) is 10.1 Å². The lowest BCUT2D eigenvalue weighted by molar-refractivity contribution is -0.119. The SMILES string of the molecule is NC(=O)COc1ccc(C=c2sc3nc(-c4ccccc4)nn3c2=O)cc1. The molecule has 2 aromatic carbocycles. The first-order valence-corrected chi connectivity index (χ1v) is 8.90. The van der Waals surface area contributed by atoms with Gasteiger partial charge in [-0.2, -0.15) is 9.50 Å². The van der Waals surface area contributed by atoms with Crippen molar-refractivity contribution in [3.05, 3.63) is 75.0 Å². The predicted molar refractivity (Wildman–Crippen MR) is 102 cm³/mol. The normalized spacial score (nSPS) is 11.8. The summed E-state index contributed by atoms with van der Waals surface area (Å²) in [7, 11) is 0. The molecule has 134 valence electrons. The Labute approximate surface area is 157 Å². The van der Waals surface area contributed by atoms with E-state index in [4.69, 9.17) is 10.5 Å². The molecule has 7 nitrogen and oxygen atoms in total. The van der Waals surface area contributed by atoms with E-state index in [-0.39, 0.29) is 12.2 Å². The lowest BCUT2D eigenvalue weighted by Crippen LogP contribution is -2.23. The number of hydrogen-bond donors (Lipinski definition) is 1. The predicted octanol–water partition coefficient (Wildman–Crippen LogP) is 1.23. The zero-order chi connectivity index (χ0) is 18.8. The Balaban J connectivity index is 1.64. The van der Waals surface area contributed by atoms with Crippen molar-refractivity contribution in [2.24, 2.45) is 5.73 Å². The molecule has 0 aliphatic rings. The molecule has 0 aliphatic heterocycles. The van der Waals surface area contributed by atoms with E-state index in [0.29, 0.717) is 21.1 Å². The Kier molecular flexibility index (Phi) is 4.39. The van der Waals surface area contributed by atoms with E-state index in [1.165, 1.54) is 15.9 Å². The van der Waals surface area contributed by atoms with Gasteiger partial charge in [0.05, 0.1) is 4.53 Å². The van der Waals surface area contributed by atoms with Gasteiger partial charge in [-0.25, -0.2) is 0 Å². The van der Waals surface area contributed by atoms with Crippen molar-refractivity contribution in [1.82, 2.24) is 14.6 Å². The van der Waals surface area contributed by atoms with Gasteiger partial charge in [0.2, 0.25) is 4.96 Å². The Bertz CT molecular complexity index is 1210. The monoisotopic (exact) mass is 378 g/mol. The third kappa shape index (κ3) is 3.56. The number of carbonyl (C=O) groups excluding carboxylic acids is 1. The highest BCUT2D eigenvalue weighted by Gasteiger charge is 2.11. The number of hydrogen-bond acceptors (Lipinski definition) is 6. The van der Waals surface area contributed by atoms with Crippen LogP contribution in [-0.4, -0.2) is 27.1 Å². The first kappa shape index (κ1) is 16.9. The quantitative estimate of drug-likeness (QED) is 0.563. The van der Waals surface area contributed by atoms with Crippen molar-refractivity contribution in [3.63, 3.8) is 0 Å². The smallest absolute Gasteiger partial charge is 0.291 e. The van der Waals surface area contributed by atoms with Crippen molar-refractivity contribution in [3.8, 4) is 17.1 Å². The van der Waals surface area contributed by atoms with Crippen LogP contribution in [0, 0.1) is 0 Å². The second kappa shape index (κ2) is 7.00. The maximum absolute atomic E-state index is 12.6. The molecular formula is C19H14N4O3S. The lowest BCUT2D eigenvalue weighted by atomic mass is 10.2. The molecule has 0 spiro atoms. The summed E-state index contributed by atoms with van der Waals surface area (Å²) >= 11 is 1.28. The van der Waals surface area contributed by atoms with Crippen molar-refractivity contribution in [2.45, 2.75) is 0 Å². The molecule has 8 heteroatoms. The number of aromatic nitrogens is 3. The Morgan fingerprint density at radius 3 is 2.56 bits per heavy atom. The summed E-state index contributed by atoms with van der Waals surface area (Å²) in [4.78, 5) is 28.3. The molecule has 4 rings (SSSR count). The van der Waals surface area contributed by atoms with Gasteiger partial charge in [0.25, 0.3) is 11.5 Å². The van der Waals surface area contributed by atoms with Crippen molar-refractivity contribution in [2.75, 3.05) is 6.61 Å². The van der Waals surface area contributed by atoms with E-state index in [1.54, 1.807) is 30.3 Å². The van der Waals surface area contributed by atoms with E-state index in [0.717, 1.165) is 11.1 Å². The van der Waals surface area contributed by atoms with Gasteiger partial charge < -0.3 is 10.5 Å². The van der Waals surface area contributed by atoms with Gasteiger partial charge in [-0.15, -0.1) is 5.10 Å². The minimum atomic E-state index is -0.536. The van der Waals surface area contributed by atoms with Crippen molar-refractivity contribution < 1.29 is 9.53 Å². The van der Waals surface area contributed by atoms with E-state index < -0.39 is 5.91 Å². The second-order valence-corrected chi connectivity index (χ2v) is 6.74. The van der Waals surface area contributed by atoms with Gasteiger partial charge in [0.1, 0.15) is 5.75 Å². The Morgan fingerprint density at radius 2 is 1.89 bits per heavy atom. The van der Waals surface area contributed by atoms with Crippen molar-refractivity contribution >= 4 is 28.3 Å². The number of thiazole rings is 1. The fraction of sp³-hybridized carbons (Fsp3) is 0.0526. The molecule has 0 aliphatic carbocycles. The number of nitrogens with zero attached hydrogens (tertiary/aromatic N) is 3. The van der Waals surface area contributed by atoms with Crippen LogP contribution in [0.25, 0.3) is 22.4 Å². The van der Waals surface area contributed by atoms with Crippen LogP contribution in [0.5, 0.6) is 5.75 Å². The summed E-state index contributed by atoms with van der Waals surface area (Å²) in [5.74, 6) is 0.524. The summed E-state index contributed by atoms with van der Waals surface area (Å²) in [6.07, 6.45) is 1.77. The molecular weight excluding hydrogens is 364 g/mol. The van der Waals surface area contributed by atoms with Gasteiger partial charge in [0, 0.05) is 5.56 Å². The highest BCUT2D eigenvalue weighted by Crippen LogP contribution is 2.16. The topological polar surface area (TPSA) is 99.6 Å². The van der Waals surface area contributed by atoms with Crippen LogP contribution in [0.1, 0.15) is 5.56 Å². The van der Waals surface area contributed by atoms with Gasteiger partial charge in [-0.1, -0.05) is 53.8 Å².